The van der Waals surface area contributed by atoms with Gasteiger partial charge in [-0.25, -0.2) is 0 Å². The number of hydrogen-bond donors (Lipinski definition) is 0. The maximum absolute atomic E-state index is 9.78. The first-order valence-electron chi connectivity index (χ1n) is 20.7. The number of hydrogen-bond acceptors (Lipinski definition) is 4. The highest BCUT2D eigenvalue weighted by molar-refractivity contribution is 6.29. The fraction of sp³-hybridized carbons (Fsp3) is 0. The van der Waals surface area contributed by atoms with Crippen molar-refractivity contribution >= 4 is 110 Å². The molecule has 0 aliphatic heterocycles. The number of nitrogens with zero attached hydrogens (tertiary/aromatic N) is 6. The zero-order valence-electron chi connectivity index (χ0n) is 33.2. The van der Waals surface area contributed by atoms with Crippen LogP contribution in [0, 0.1) is 22.7 Å². The molecule has 0 amide bonds. The zero-order valence-corrected chi connectivity index (χ0v) is 33.2. The van der Waals surface area contributed by atoms with Gasteiger partial charge in [-0.1, -0.05) is 84.9 Å². The first kappa shape index (κ1) is 34.1. The Labute approximate surface area is 355 Å². The Morgan fingerprint density at radius 1 is 0.290 bits per heavy atom. The number of aromatic nitrogens is 2. The molecule has 13 rings (SSSR count). The Bertz CT molecular complexity index is 3750. The largest absolute Gasteiger partial charge is 0.310 e. The van der Waals surface area contributed by atoms with Crippen LogP contribution in [0.1, 0.15) is 11.1 Å². The lowest BCUT2D eigenvalue weighted by atomic mass is 10.0. The molecule has 286 valence electrons. The number of fused-ring (bicyclic) bond motifs is 12. The van der Waals surface area contributed by atoms with E-state index in [9.17, 15) is 10.5 Å². The second kappa shape index (κ2) is 12.8. The minimum absolute atomic E-state index is 0.623. The van der Waals surface area contributed by atoms with Gasteiger partial charge in [-0.2, -0.15) is 10.5 Å². The van der Waals surface area contributed by atoms with E-state index in [1.165, 1.54) is 65.2 Å². The van der Waals surface area contributed by atoms with Gasteiger partial charge in [0.15, 0.2) is 0 Å². The van der Waals surface area contributed by atoms with Gasteiger partial charge in [0.1, 0.15) is 0 Å². The predicted octanol–water partition coefficient (Wildman–Crippen LogP) is 14.7. The molecule has 0 atom stereocenters. The van der Waals surface area contributed by atoms with Crippen molar-refractivity contribution < 1.29 is 0 Å². The van der Waals surface area contributed by atoms with Gasteiger partial charge < -0.3 is 18.6 Å². The molecule has 6 heteroatoms. The van der Waals surface area contributed by atoms with E-state index in [1.54, 1.807) is 0 Å². The standard InChI is InChI=1S/C56H32N6/c57-33-35-11-7-17-39(27-35)59(37-13-3-1-4-14-37)41-23-25-51-47(29-41)43-19-9-21-45-49-32-54-50(31-53(49)61(51)55(43)45)46-22-10-20-44-48-30-42(24-26-52(48)62(54)56(44)46)60(38-15-5-2-6-16-38)40-18-8-12-36(28-40)34-58/h1-32H. The van der Waals surface area contributed by atoms with Gasteiger partial charge >= 0.3 is 0 Å². The van der Waals surface area contributed by atoms with E-state index in [0.717, 1.165) is 45.2 Å². The third-order valence-electron chi connectivity index (χ3n) is 12.7. The van der Waals surface area contributed by atoms with Crippen LogP contribution in [-0.4, -0.2) is 8.80 Å². The van der Waals surface area contributed by atoms with E-state index in [-0.39, 0.29) is 0 Å². The van der Waals surface area contributed by atoms with E-state index in [4.69, 9.17) is 0 Å². The highest BCUT2D eigenvalue weighted by atomic mass is 15.1. The lowest BCUT2D eigenvalue weighted by Crippen LogP contribution is -2.09. The first-order chi connectivity index (χ1) is 30.7. The van der Waals surface area contributed by atoms with Crippen molar-refractivity contribution in [1.82, 2.24) is 8.80 Å². The Morgan fingerprint density at radius 2 is 0.645 bits per heavy atom. The molecule has 0 radical (unpaired) electrons. The Morgan fingerprint density at radius 3 is 1.05 bits per heavy atom. The SMILES string of the molecule is N#Cc1cccc(N(c2ccccc2)c2ccc3c(c2)c2cccc4c5cc6c(cc5n3c24)c2cccc3c4cc(N(c5ccccc5)c5cccc(C#N)c5)ccc4n6c32)c1. The van der Waals surface area contributed by atoms with Crippen molar-refractivity contribution in [1.29, 1.82) is 10.5 Å². The van der Waals surface area contributed by atoms with E-state index >= 15 is 0 Å². The van der Waals surface area contributed by atoms with Crippen molar-refractivity contribution in [2.45, 2.75) is 0 Å². The summed E-state index contributed by atoms with van der Waals surface area (Å²) in [4.78, 5) is 4.46. The number of para-hydroxylation sites is 4. The van der Waals surface area contributed by atoms with Crippen LogP contribution in [0.25, 0.3) is 76.2 Å². The molecule has 13 aromatic rings. The molecule has 0 N–H and O–H groups in total. The molecule has 0 aliphatic carbocycles. The van der Waals surface area contributed by atoms with Gasteiger partial charge in [-0.05, 0) is 109 Å². The minimum atomic E-state index is 0.623. The molecule has 0 aliphatic rings. The van der Waals surface area contributed by atoms with Gasteiger partial charge in [-0.3, -0.25) is 0 Å². The number of benzene rings is 9. The van der Waals surface area contributed by atoms with Gasteiger partial charge in [0.05, 0.1) is 56.4 Å². The third kappa shape index (κ3) is 4.72. The van der Waals surface area contributed by atoms with Gasteiger partial charge in [0.25, 0.3) is 0 Å². The van der Waals surface area contributed by atoms with Crippen LogP contribution in [0.4, 0.5) is 34.1 Å². The number of anilines is 6. The molecule has 6 nitrogen and oxygen atoms in total. The van der Waals surface area contributed by atoms with E-state index in [0.29, 0.717) is 11.1 Å². The molecule has 4 heterocycles. The quantitative estimate of drug-likeness (QED) is 0.168. The van der Waals surface area contributed by atoms with Crippen LogP contribution in [0.3, 0.4) is 0 Å². The summed E-state index contributed by atoms with van der Waals surface area (Å²) in [7, 11) is 0. The predicted molar refractivity (Wildman–Crippen MR) is 255 cm³/mol. The summed E-state index contributed by atoms with van der Waals surface area (Å²) in [6.07, 6.45) is 0. The highest BCUT2D eigenvalue weighted by Gasteiger charge is 2.24. The molecule has 0 saturated carbocycles. The van der Waals surface area contributed by atoms with Crippen molar-refractivity contribution in [2.24, 2.45) is 0 Å². The van der Waals surface area contributed by atoms with Crippen molar-refractivity contribution in [3.63, 3.8) is 0 Å². The molecule has 0 bridgehead atoms. The monoisotopic (exact) mass is 788 g/mol. The van der Waals surface area contributed by atoms with Crippen molar-refractivity contribution in [3.05, 3.63) is 205 Å². The zero-order chi connectivity index (χ0) is 41.1. The second-order valence-electron chi connectivity index (χ2n) is 16.0. The summed E-state index contributed by atoms with van der Waals surface area (Å²) in [6, 6.07) is 72.7. The normalized spacial score (nSPS) is 11.8. The lowest BCUT2D eigenvalue weighted by molar-refractivity contribution is 1.28. The fourth-order valence-electron chi connectivity index (χ4n) is 10.2. The summed E-state index contributed by atoms with van der Waals surface area (Å²) < 4.78 is 4.92. The molecule has 0 fully saturated rings. The smallest absolute Gasteiger partial charge is 0.0992 e. The molecule has 0 saturated heterocycles. The molecule has 0 unspecified atom stereocenters. The summed E-state index contributed by atoms with van der Waals surface area (Å²) >= 11 is 0. The second-order valence-corrected chi connectivity index (χ2v) is 16.0. The van der Waals surface area contributed by atoms with Crippen LogP contribution in [0.5, 0.6) is 0 Å². The van der Waals surface area contributed by atoms with E-state index < -0.39 is 0 Å². The number of nitriles is 2. The van der Waals surface area contributed by atoms with Crippen LogP contribution in [0.2, 0.25) is 0 Å². The Hall–Kier alpha value is -8.84. The molecule has 0 spiro atoms. The van der Waals surface area contributed by atoms with Gasteiger partial charge in [-0.15, -0.1) is 0 Å². The van der Waals surface area contributed by atoms with Crippen LogP contribution >= 0.6 is 0 Å². The maximum atomic E-state index is 9.78. The Balaban J connectivity index is 1.02. The average molecular weight is 789 g/mol. The minimum Gasteiger partial charge on any atom is -0.310 e. The lowest BCUT2D eigenvalue weighted by Gasteiger charge is -2.25. The van der Waals surface area contributed by atoms with Crippen molar-refractivity contribution in [2.75, 3.05) is 9.80 Å². The summed E-state index contributed by atoms with van der Waals surface area (Å²) in [6.45, 7) is 0. The molecule has 9 aromatic carbocycles. The van der Waals surface area contributed by atoms with E-state index in [2.05, 4.69) is 176 Å². The Kier molecular flexibility index (Phi) is 7.05. The molecular weight excluding hydrogens is 757 g/mol. The van der Waals surface area contributed by atoms with Crippen molar-refractivity contribution in [3.8, 4) is 12.1 Å². The third-order valence-corrected chi connectivity index (χ3v) is 12.7. The van der Waals surface area contributed by atoms with Gasteiger partial charge in [0, 0.05) is 77.2 Å². The van der Waals surface area contributed by atoms with E-state index in [1.807, 2.05) is 48.5 Å². The molecule has 62 heavy (non-hydrogen) atoms. The number of rotatable bonds is 6. The average Bonchev–Trinajstić information content (AvgIpc) is 4.05. The topological polar surface area (TPSA) is 62.9 Å². The fourth-order valence-corrected chi connectivity index (χ4v) is 10.2. The first-order valence-corrected chi connectivity index (χ1v) is 20.7. The summed E-state index contributed by atoms with van der Waals surface area (Å²) in [5.74, 6) is 0. The van der Waals surface area contributed by atoms with Crippen LogP contribution in [0.15, 0.2) is 194 Å². The van der Waals surface area contributed by atoms with Crippen LogP contribution in [-0.2, 0) is 0 Å². The summed E-state index contributed by atoms with van der Waals surface area (Å²) in [5.41, 5.74) is 14.4. The molecule has 4 aromatic heterocycles. The highest BCUT2D eigenvalue weighted by Crippen LogP contribution is 2.47. The maximum Gasteiger partial charge on any atom is 0.0992 e. The van der Waals surface area contributed by atoms with Gasteiger partial charge in [0.2, 0.25) is 0 Å². The van der Waals surface area contributed by atoms with Crippen LogP contribution < -0.4 is 9.80 Å². The summed E-state index contributed by atoms with van der Waals surface area (Å²) in [5, 5.41) is 29.2. The molecular formula is C56H32N6.